The van der Waals surface area contributed by atoms with Crippen molar-refractivity contribution in [1.29, 1.82) is 0 Å². The second-order valence-electron chi connectivity index (χ2n) is 9.40. The fourth-order valence-corrected chi connectivity index (χ4v) is 6.54. The Balaban J connectivity index is 1.33. The van der Waals surface area contributed by atoms with E-state index in [0.29, 0.717) is 23.9 Å². The summed E-state index contributed by atoms with van der Waals surface area (Å²) in [5.41, 5.74) is 1.59. The molecule has 0 aromatic heterocycles. The van der Waals surface area contributed by atoms with E-state index in [1.54, 1.807) is 0 Å². The summed E-state index contributed by atoms with van der Waals surface area (Å²) in [6.45, 7) is 0. The highest BCUT2D eigenvalue weighted by Gasteiger charge is 2.67. The maximum absolute atomic E-state index is 13.6. The summed E-state index contributed by atoms with van der Waals surface area (Å²) >= 11 is 2.21. The Morgan fingerprint density at radius 3 is 2.12 bits per heavy atom. The van der Waals surface area contributed by atoms with Crippen LogP contribution >= 0.6 is 22.6 Å². The zero-order chi connectivity index (χ0) is 22.0. The van der Waals surface area contributed by atoms with Crippen LogP contribution in [0.1, 0.15) is 12.0 Å². The molecule has 0 spiro atoms. The van der Waals surface area contributed by atoms with Gasteiger partial charge in [-0.1, -0.05) is 42.5 Å². The molecule has 1 aliphatic heterocycles. The molecule has 32 heavy (non-hydrogen) atoms. The van der Waals surface area contributed by atoms with Crippen molar-refractivity contribution in [3.63, 3.8) is 0 Å². The van der Waals surface area contributed by atoms with Gasteiger partial charge >= 0.3 is 0 Å². The number of allylic oxidation sites excluding steroid dienone is 2. The molecular weight excluding hydrogens is 515 g/mol. The van der Waals surface area contributed by atoms with E-state index in [1.165, 1.54) is 4.90 Å². The van der Waals surface area contributed by atoms with E-state index in [2.05, 4.69) is 40.1 Å². The molecule has 2 aromatic rings. The Labute approximate surface area is 200 Å². The third kappa shape index (κ3) is 3.14. The Morgan fingerprint density at radius 2 is 1.53 bits per heavy atom. The summed E-state index contributed by atoms with van der Waals surface area (Å²) in [7, 11) is 0. The van der Waals surface area contributed by atoms with Crippen molar-refractivity contribution < 1.29 is 14.4 Å². The number of nitrogens with zero attached hydrogens (tertiary/aromatic N) is 1. The zero-order valence-corrected chi connectivity index (χ0v) is 19.5. The molecule has 2 bridgehead atoms. The molecule has 7 atom stereocenters. The minimum Gasteiger partial charge on any atom is -0.324 e. The van der Waals surface area contributed by atoms with Gasteiger partial charge in [0.05, 0.1) is 11.8 Å². The van der Waals surface area contributed by atoms with Gasteiger partial charge in [-0.25, -0.2) is 0 Å². The van der Waals surface area contributed by atoms with Crippen molar-refractivity contribution >= 4 is 46.0 Å². The summed E-state index contributed by atoms with van der Waals surface area (Å²) in [5, 5.41) is 2.94. The van der Waals surface area contributed by atoms with Crippen LogP contribution in [0.15, 0.2) is 66.7 Å². The van der Waals surface area contributed by atoms with Crippen LogP contribution in [0.5, 0.6) is 0 Å². The molecular formula is C26H23IN2O3. The molecule has 5 aliphatic rings. The largest absolute Gasteiger partial charge is 0.324 e. The van der Waals surface area contributed by atoms with Crippen LogP contribution in [-0.2, 0) is 20.8 Å². The van der Waals surface area contributed by atoms with Gasteiger partial charge in [0.2, 0.25) is 17.7 Å². The molecule has 1 saturated heterocycles. The van der Waals surface area contributed by atoms with Crippen molar-refractivity contribution in [2.75, 3.05) is 5.32 Å². The van der Waals surface area contributed by atoms with Gasteiger partial charge in [-0.05, 0) is 82.5 Å². The van der Waals surface area contributed by atoms with E-state index in [9.17, 15) is 14.4 Å². The topological polar surface area (TPSA) is 66.5 Å². The minimum absolute atomic E-state index is 0.146. The molecule has 4 aliphatic carbocycles. The first-order valence-electron chi connectivity index (χ1n) is 11.2. The van der Waals surface area contributed by atoms with E-state index in [0.717, 1.165) is 15.6 Å². The van der Waals surface area contributed by atoms with Gasteiger partial charge in [0, 0.05) is 15.7 Å². The molecule has 3 amide bonds. The van der Waals surface area contributed by atoms with Crippen LogP contribution in [0.4, 0.5) is 5.69 Å². The Morgan fingerprint density at radius 1 is 0.938 bits per heavy atom. The van der Waals surface area contributed by atoms with Gasteiger partial charge in [0.15, 0.2) is 0 Å². The molecule has 162 valence electrons. The number of hydrogen-bond donors (Lipinski definition) is 1. The third-order valence-corrected chi connectivity index (χ3v) is 8.41. The molecule has 6 heteroatoms. The van der Waals surface area contributed by atoms with Gasteiger partial charge in [0.25, 0.3) is 0 Å². The highest BCUT2D eigenvalue weighted by Crippen LogP contribution is 2.65. The van der Waals surface area contributed by atoms with Crippen molar-refractivity contribution in [1.82, 2.24) is 4.90 Å². The van der Waals surface area contributed by atoms with Gasteiger partial charge in [-0.15, -0.1) is 0 Å². The number of benzene rings is 2. The standard InChI is InChI=1S/C26H23IN2O3/c27-15-6-8-16(9-7-15)28-24(30)21(12-14-4-2-1-3-5-14)29-25(31)22-17-10-11-18(20-13-19(17)20)23(22)26(29)32/h1-11,17-23H,12-13H2,(H,28,30)/t17-,18-,19-,20+,21-,22+,23+/m0/s1. The van der Waals surface area contributed by atoms with Crippen molar-refractivity contribution in [3.8, 4) is 0 Å². The molecule has 0 radical (unpaired) electrons. The Kier molecular flexibility index (Phi) is 4.75. The van der Waals surface area contributed by atoms with E-state index < -0.39 is 6.04 Å². The maximum atomic E-state index is 13.6. The predicted molar refractivity (Wildman–Crippen MR) is 128 cm³/mol. The molecule has 1 N–H and O–H groups in total. The lowest BCUT2D eigenvalue weighted by molar-refractivity contribution is -0.146. The molecule has 0 unspecified atom stereocenters. The fourth-order valence-electron chi connectivity index (χ4n) is 6.18. The number of imide groups is 1. The smallest absolute Gasteiger partial charge is 0.248 e. The molecule has 5 nitrogen and oxygen atoms in total. The lowest BCUT2D eigenvalue weighted by Crippen LogP contribution is -2.49. The number of likely N-dealkylation sites (tertiary alicyclic amines) is 1. The average molecular weight is 538 g/mol. The third-order valence-electron chi connectivity index (χ3n) is 7.69. The number of nitrogens with one attached hydrogen (secondary N) is 1. The number of hydrogen-bond acceptors (Lipinski definition) is 3. The Bertz CT molecular complexity index is 1090. The van der Waals surface area contributed by atoms with Crippen LogP contribution in [0, 0.1) is 39.1 Å². The number of carbonyl (C=O) groups is 3. The number of carbonyl (C=O) groups excluding carboxylic acids is 3. The summed E-state index contributed by atoms with van der Waals surface area (Å²) in [6.07, 6.45) is 5.75. The molecule has 2 saturated carbocycles. The van der Waals surface area contributed by atoms with Gasteiger partial charge in [0.1, 0.15) is 6.04 Å². The SMILES string of the molecule is O=C(Nc1ccc(I)cc1)[C@H](Cc1ccccc1)N1C(=O)[C@@H]2[C@H]3C=C[C@@H]([C@@H]4C[C@H]34)[C@H]2C1=O. The highest BCUT2D eigenvalue weighted by atomic mass is 127. The lowest BCUT2D eigenvalue weighted by atomic mass is 9.63. The van der Waals surface area contributed by atoms with Crippen LogP contribution in [0.25, 0.3) is 0 Å². The van der Waals surface area contributed by atoms with Crippen molar-refractivity contribution in [3.05, 3.63) is 75.9 Å². The summed E-state index contributed by atoms with van der Waals surface area (Å²) in [6, 6.07) is 16.3. The fraction of sp³-hybridized carbons (Fsp3) is 0.346. The summed E-state index contributed by atoms with van der Waals surface area (Å²) < 4.78 is 1.07. The number of amides is 3. The molecule has 7 rings (SSSR count). The van der Waals surface area contributed by atoms with Gasteiger partial charge in [-0.3, -0.25) is 19.3 Å². The summed E-state index contributed by atoms with van der Waals surface area (Å²) in [4.78, 5) is 42.0. The van der Waals surface area contributed by atoms with E-state index >= 15 is 0 Å². The monoisotopic (exact) mass is 538 g/mol. The highest BCUT2D eigenvalue weighted by molar-refractivity contribution is 14.1. The minimum atomic E-state index is -0.863. The van der Waals surface area contributed by atoms with E-state index in [1.807, 2.05) is 54.6 Å². The van der Waals surface area contributed by atoms with Crippen molar-refractivity contribution in [2.24, 2.45) is 35.5 Å². The lowest BCUT2D eigenvalue weighted by Gasteiger charge is -2.37. The number of rotatable bonds is 5. The number of halogens is 1. The first kappa shape index (κ1) is 20.1. The van der Waals surface area contributed by atoms with Gasteiger partial charge < -0.3 is 5.32 Å². The predicted octanol–water partition coefficient (Wildman–Crippen LogP) is 3.89. The maximum Gasteiger partial charge on any atom is 0.248 e. The van der Waals surface area contributed by atoms with E-state index in [-0.39, 0.29) is 41.4 Å². The van der Waals surface area contributed by atoms with Crippen LogP contribution in [0.3, 0.4) is 0 Å². The number of anilines is 1. The van der Waals surface area contributed by atoms with Crippen molar-refractivity contribution in [2.45, 2.75) is 18.9 Å². The normalized spacial score (nSPS) is 32.5. The first-order valence-corrected chi connectivity index (χ1v) is 12.3. The zero-order valence-electron chi connectivity index (χ0n) is 17.4. The molecule has 1 heterocycles. The first-order chi connectivity index (χ1) is 15.5. The summed E-state index contributed by atoms with van der Waals surface area (Å²) in [5.74, 6) is 0.123. The van der Waals surface area contributed by atoms with Crippen LogP contribution in [0.2, 0.25) is 0 Å². The average Bonchev–Trinajstić information content (AvgIpc) is 3.58. The molecule has 2 aromatic carbocycles. The van der Waals surface area contributed by atoms with Crippen LogP contribution < -0.4 is 5.32 Å². The van der Waals surface area contributed by atoms with Gasteiger partial charge in [-0.2, -0.15) is 0 Å². The Hall–Kier alpha value is -2.48. The quantitative estimate of drug-likeness (QED) is 0.357. The molecule has 3 fully saturated rings. The van der Waals surface area contributed by atoms with Crippen LogP contribution in [-0.4, -0.2) is 28.7 Å². The second kappa shape index (κ2) is 7.54. The van der Waals surface area contributed by atoms with E-state index in [4.69, 9.17) is 0 Å². The second-order valence-corrected chi connectivity index (χ2v) is 10.6.